The van der Waals surface area contributed by atoms with E-state index in [4.69, 9.17) is 4.74 Å². The summed E-state index contributed by atoms with van der Waals surface area (Å²) >= 11 is 0. The Morgan fingerprint density at radius 1 is 1.32 bits per heavy atom. The van der Waals surface area contributed by atoms with Gasteiger partial charge in [-0.3, -0.25) is 19.8 Å². The van der Waals surface area contributed by atoms with E-state index in [0.717, 1.165) is 0 Å². The van der Waals surface area contributed by atoms with Gasteiger partial charge in [0.15, 0.2) is 0 Å². The SMILES string of the molecule is Cc1ccc(NC(=O)C(C(C)C)N2CC(C)OC(C)C2)cc1[N+](=O)[O-]. The second-order valence-electron chi connectivity index (χ2n) is 7.15. The molecule has 3 atom stereocenters. The van der Waals surface area contributed by atoms with Crippen molar-refractivity contribution in [1.29, 1.82) is 0 Å². The van der Waals surface area contributed by atoms with Crippen LogP contribution in [-0.2, 0) is 9.53 Å². The zero-order chi connectivity index (χ0) is 18.7. The van der Waals surface area contributed by atoms with Crippen LogP contribution < -0.4 is 5.32 Å². The number of amides is 1. The lowest BCUT2D eigenvalue weighted by Crippen LogP contribution is -2.55. The Balaban J connectivity index is 2.18. The molecule has 1 saturated heterocycles. The van der Waals surface area contributed by atoms with Gasteiger partial charge in [-0.15, -0.1) is 0 Å². The van der Waals surface area contributed by atoms with Crippen LogP contribution in [0.15, 0.2) is 18.2 Å². The first-order valence-corrected chi connectivity index (χ1v) is 8.64. The summed E-state index contributed by atoms with van der Waals surface area (Å²) in [6.07, 6.45) is 0.136. The largest absolute Gasteiger partial charge is 0.373 e. The molecule has 25 heavy (non-hydrogen) atoms. The van der Waals surface area contributed by atoms with Gasteiger partial charge in [-0.05, 0) is 32.8 Å². The van der Waals surface area contributed by atoms with Crippen LogP contribution in [0, 0.1) is 23.0 Å². The fraction of sp³-hybridized carbons (Fsp3) is 0.611. The third-order valence-corrected chi connectivity index (χ3v) is 4.41. The van der Waals surface area contributed by atoms with Gasteiger partial charge < -0.3 is 10.1 Å². The molecule has 1 amide bonds. The number of carbonyl (C=O) groups is 1. The second kappa shape index (κ2) is 7.93. The van der Waals surface area contributed by atoms with Gasteiger partial charge in [-0.2, -0.15) is 0 Å². The molecule has 0 aromatic heterocycles. The highest BCUT2D eigenvalue weighted by Gasteiger charge is 2.34. The number of nitro benzene ring substituents is 1. The monoisotopic (exact) mass is 349 g/mol. The molecule has 1 aliphatic heterocycles. The molecule has 1 fully saturated rings. The molecular weight excluding hydrogens is 322 g/mol. The summed E-state index contributed by atoms with van der Waals surface area (Å²) < 4.78 is 5.75. The minimum absolute atomic E-state index is 0.00696. The maximum absolute atomic E-state index is 12.9. The lowest BCUT2D eigenvalue weighted by atomic mass is 9.99. The average molecular weight is 349 g/mol. The molecule has 0 aliphatic carbocycles. The van der Waals surface area contributed by atoms with Crippen molar-refractivity contribution in [2.24, 2.45) is 5.92 Å². The third kappa shape index (κ3) is 4.76. The fourth-order valence-corrected chi connectivity index (χ4v) is 3.44. The number of hydrogen-bond donors (Lipinski definition) is 1. The van der Waals surface area contributed by atoms with Crippen LogP contribution in [0.25, 0.3) is 0 Å². The number of benzene rings is 1. The lowest BCUT2D eigenvalue weighted by molar-refractivity contribution is -0.385. The third-order valence-electron chi connectivity index (χ3n) is 4.41. The van der Waals surface area contributed by atoms with Gasteiger partial charge in [0.1, 0.15) is 0 Å². The molecule has 1 aromatic rings. The van der Waals surface area contributed by atoms with Crippen LogP contribution in [0.4, 0.5) is 11.4 Å². The van der Waals surface area contributed by atoms with Gasteiger partial charge in [0.25, 0.3) is 5.69 Å². The zero-order valence-electron chi connectivity index (χ0n) is 15.5. The molecule has 1 aromatic carbocycles. The van der Waals surface area contributed by atoms with Crippen LogP contribution in [0.3, 0.4) is 0 Å². The first kappa shape index (κ1) is 19.3. The molecule has 3 unspecified atom stereocenters. The molecule has 0 bridgehead atoms. The summed E-state index contributed by atoms with van der Waals surface area (Å²) in [6.45, 7) is 11.1. The molecule has 1 heterocycles. The molecule has 2 rings (SSSR count). The second-order valence-corrected chi connectivity index (χ2v) is 7.15. The lowest BCUT2D eigenvalue weighted by Gasteiger charge is -2.41. The van der Waals surface area contributed by atoms with Gasteiger partial charge in [-0.1, -0.05) is 19.9 Å². The van der Waals surface area contributed by atoms with Crippen molar-refractivity contribution in [3.63, 3.8) is 0 Å². The summed E-state index contributed by atoms with van der Waals surface area (Å²) in [5.74, 6) is -0.0348. The van der Waals surface area contributed by atoms with Crippen LogP contribution >= 0.6 is 0 Å². The maximum atomic E-state index is 12.9. The number of ether oxygens (including phenoxy) is 1. The summed E-state index contributed by atoms with van der Waals surface area (Å²) in [5.41, 5.74) is 1.02. The van der Waals surface area contributed by atoms with E-state index in [-0.39, 0.29) is 35.8 Å². The van der Waals surface area contributed by atoms with E-state index < -0.39 is 4.92 Å². The Labute approximate surface area is 148 Å². The van der Waals surface area contributed by atoms with Crippen LogP contribution in [-0.4, -0.2) is 47.1 Å². The smallest absolute Gasteiger partial charge is 0.274 e. The van der Waals surface area contributed by atoms with Gasteiger partial charge in [0.05, 0.1) is 23.2 Å². The number of nitro groups is 1. The van der Waals surface area contributed by atoms with Crippen molar-refractivity contribution < 1.29 is 14.5 Å². The number of rotatable bonds is 5. The highest BCUT2D eigenvalue weighted by Crippen LogP contribution is 2.24. The van der Waals surface area contributed by atoms with Crippen molar-refractivity contribution >= 4 is 17.3 Å². The Bertz CT molecular complexity index is 637. The summed E-state index contributed by atoms with van der Waals surface area (Å²) in [7, 11) is 0. The van der Waals surface area contributed by atoms with Crippen molar-refractivity contribution in [1.82, 2.24) is 4.90 Å². The number of nitrogens with zero attached hydrogens (tertiary/aromatic N) is 2. The zero-order valence-corrected chi connectivity index (χ0v) is 15.5. The molecule has 0 radical (unpaired) electrons. The van der Waals surface area contributed by atoms with Gasteiger partial charge in [-0.25, -0.2) is 0 Å². The molecule has 1 aliphatic rings. The van der Waals surface area contributed by atoms with E-state index >= 15 is 0 Å². The predicted molar refractivity (Wildman–Crippen MR) is 96.7 cm³/mol. The minimum atomic E-state index is -0.434. The normalized spacial score (nSPS) is 22.6. The summed E-state index contributed by atoms with van der Waals surface area (Å²) in [5, 5.41) is 13.9. The fourth-order valence-electron chi connectivity index (χ4n) is 3.44. The van der Waals surface area contributed by atoms with E-state index in [1.54, 1.807) is 19.1 Å². The molecule has 1 N–H and O–H groups in total. The molecule has 0 spiro atoms. The van der Waals surface area contributed by atoms with Crippen molar-refractivity contribution in [3.8, 4) is 0 Å². The van der Waals surface area contributed by atoms with E-state index in [1.807, 2.05) is 27.7 Å². The van der Waals surface area contributed by atoms with Crippen LogP contribution in [0.2, 0.25) is 0 Å². The summed E-state index contributed by atoms with van der Waals surface area (Å²) in [6, 6.07) is 4.45. The van der Waals surface area contributed by atoms with Gasteiger partial charge in [0.2, 0.25) is 5.91 Å². The van der Waals surface area contributed by atoms with Crippen molar-refractivity contribution in [2.75, 3.05) is 18.4 Å². The van der Waals surface area contributed by atoms with Crippen LogP contribution in [0.1, 0.15) is 33.3 Å². The van der Waals surface area contributed by atoms with Gasteiger partial charge >= 0.3 is 0 Å². The van der Waals surface area contributed by atoms with Gasteiger partial charge in [0, 0.05) is 30.4 Å². The molecular formula is C18H27N3O4. The van der Waals surface area contributed by atoms with E-state index in [0.29, 0.717) is 24.3 Å². The van der Waals surface area contributed by atoms with Crippen molar-refractivity contribution in [2.45, 2.75) is 52.9 Å². The number of aryl methyl sites for hydroxylation is 1. The van der Waals surface area contributed by atoms with Crippen LogP contribution in [0.5, 0.6) is 0 Å². The van der Waals surface area contributed by atoms with E-state index in [2.05, 4.69) is 10.2 Å². The standard InChI is InChI=1S/C18H27N3O4/c1-11(2)17(20-9-13(4)25-14(5)10-20)18(22)19-15-7-6-12(3)16(8-15)21(23)24/h6-8,11,13-14,17H,9-10H2,1-5H3,(H,19,22). The molecule has 138 valence electrons. The average Bonchev–Trinajstić information content (AvgIpc) is 2.47. The number of hydrogen-bond acceptors (Lipinski definition) is 5. The maximum Gasteiger partial charge on any atom is 0.274 e. The van der Waals surface area contributed by atoms with E-state index in [1.165, 1.54) is 6.07 Å². The summed E-state index contributed by atoms with van der Waals surface area (Å²) in [4.78, 5) is 25.7. The topological polar surface area (TPSA) is 84.7 Å². The Morgan fingerprint density at radius 3 is 2.44 bits per heavy atom. The molecule has 0 saturated carbocycles. The Hall–Kier alpha value is -1.99. The predicted octanol–water partition coefficient (Wildman–Crippen LogP) is 2.98. The molecule has 7 nitrogen and oxygen atoms in total. The number of carbonyl (C=O) groups excluding carboxylic acids is 1. The number of anilines is 1. The molecule has 7 heteroatoms. The number of morpholine rings is 1. The first-order valence-electron chi connectivity index (χ1n) is 8.64. The number of nitrogens with one attached hydrogen (secondary N) is 1. The quantitative estimate of drug-likeness (QED) is 0.652. The minimum Gasteiger partial charge on any atom is -0.373 e. The van der Waals surface area contributed by atoms with E-state index in [9.17, 15) is 14.9 Å². The highest BCUT2D eigenvalue weighted by molar-refractivity contribution is 5.95. The Kier molecular flexibility index (Phi) is 6.13. The first-order chi connectivity index (χ1) is 11.7. The Morgan fingerprint density at radius 2 is 1.92 bits per heavy atom. The highest BCUT2D eigenvalue weighted by atomic mass is 16.6. The van der Waals surface area contributed by atoms with Crippen molar-refractivity contribution in [3.05, 3.63) is 33.9 Å².